The standard InChI is InChI=1S/C26H31N3O4S2/c1-15-16(2)34-20(22(15)25(32)33-26(3,4)5)12-19(30)23(31)28-13-18-17-8-9-27-14-21(17)35-24(18)29-10-6-7-11-29/h6-7,10-11,27H,8-9,12-14H2,1-5H3,(H,28,31). The number of fused-ring (bicyclic) bond motifs is 1. The summed E-state index contributed by atoms with van der Waals surface area (Å²) >= 11 is 3.08. The summed E-state index contributed by atoms with van der Waals surface area (Å²) in [6.07, 6.45) is 4.73. The third-order valence-corrected chi connectivity index (χ3v) is 8.41. The fourth-order valence-electron chi connectivity index (χ4n) is 4.16. The molecule has 0 aromatic carbocycles. The number of carbonyl (C=O) groups excluding carboxylic acids is 3. The number of rotatable bonds is 7. The molecule has 9 heteroatoms. The number of nitrogens with zero attached hydrogens (tertiary/aromatic N) is 1. The van der Waals surface area contributed by atoms with E-state index in [0.29, 0.717) is 10.4 Å². The van der Waals surface area contributed by atoms with Gasteiger partial charge in [0.2, 0.25) is 5.78 Å². The van der Waals surface area contributed by atoms with Crippen molar-refractivity contribution in [2.24, 2.45) is 0 Å². The minimum Gasteiger partial charge on any atom is -0.456 e. The molecule has 0 atom stereocenters. The summed E-state index contributed by atoms with van der Waals surface area (Å²) in [5.74, 6) is -1.67. The largest absolute Gasteiger partial charge is 0.456 e. The van der Waals surface area contributed by atoms with Crippen molar-refractivity contribution in [3.8, 4) is 5.00 Å². The zero-order valence-electron chi connectivity index (χ0n) is 20.7. The first-order valence-electron chi connectivity index (χ1n) is 11.7. The Labute approximate surface area is 213 Å². The van der Waals surface area contributed by atoms with Gasteiger partial charge in [-0.25, -0.2) is 4.79 Å². The van der Waals surface area contributed by atoms with Gasteiger partial charge in [-0.1, -0.05) is 0 Å². The topological polar surface area (TPSA) is 89.4 Å². The van der Waals surface area contributed by atoms with Gasteiger partial charge < -0.3 is 19.9 Å². The molecule has 4 rings (SSSR count). The van der Waals surface area contributed by atoms with Crippen molar-refractivity contribution < 1.29 is 19.1 Å². The molecule has 0 fully saturated rings. The summed E-state index contributed by atoms with van der Waals surface area (Å²) in [6, 6.07) is 3.94. The molecule has 4 heterocycles. The van der Waals surface area contributed by atoms with Crippen molar-refractivity contribution in [2.45, 2.75) is 66.2 Å². The zero-order chi connectivity index (χ0) is 25.3. The number of hydrogen-bond donors (Lipinski definition) is 2. The molecule has 0 spiro atoms. The third-order valence-electron chi connectivity index (χ3n) is 5.92. The lowest BCUT2D eigenvalue weighted by Crippen LogP contribution is -2.33. The maximum Gasteiger partial charge on any atom is 0.340 e. The van der Waals surface area contributed by atoms with Crippen LogP contribution in [0.1, 0.15) is 62.5 Å². The van der Waals surface area contributed by atoms with Crippen molar-refractivity contribution in [1.82, 2.24) is 15.2 Å². The highest BCUT2D eigenvalue weighted by Gasteiger charge is 2.28. The minimum atomic E-state index is -0.648. The van der Waals surface area contributed by atoms with E-state index in [1.54, 1.807) is 32.1 Å². The summed E-state index contributed by atoms with van der Waals surface area (Å²) in [5, 5.41) is 7.30. The second-order valence-electron chi connectivity index (χ2n) is 9.67. The van der Waals surface area contributed by atoms with Crippen molar-refractivity contribution in [3.63, 3.8) is 0 Å². The lowest BCUT2D eigenvalue weighted by atomic mass is 10.0. The number of esters is 1. The molecule has 3 aromatic rings. The number of aromatic nitrogens is 1. The summed E-state index contributed by atoms with van der Waals surface area (Å²) < 4.78 is 7.60. The van der Waals surface area contributed by atoms with Crippen molar-refractivity contribution in [1.29, 1.82) is 0 Å². The highest BCUT2D eigenvalue weighted by molar-refractivity contribution is 7.15. The van der Waals surface area contributed by atoms with Crippen molar-refractivity contribution in [2.75, 3.05) is 6.54 Å². The molecule has 2 N–H and O–H groups in total. The molecule has 0 aliphatic carbocycles. The Bertz CT molecular complexity index is 1260. The predicted octanol–water partition coefficient (Wildman–Crippen LogP) is 4.25. The number of amides is 1. The molecule has 0 unspecified atom stereocenters. The molecule has 1 amide bonds. The van der Waals surface area contributed by atoms with Crippen LogP contribution in [0.15, 0.2) is 24.5 Å². The van der Waals surface area contributed by atoms with Gasteiger partial charge in [-0.05, 0) is 70.8 Å². The van der Waals surface area contributed by atoms with E-state index in [9.17, 15) is 14.4 Å². The van der Waals surface area contributed by atoms with Crippen LogP contribution in [0.25, 0.3) is 5.00 Å². The Balaban J connectivity index is 1.49. The van der Waals surface area contributed by atoms with E-state index in [0.717, 1.165) is 40.5 Å². The van der Waals surface area contributed by atoms with Gasteiger partial charge in [0.05, 0.1) is 12.0 Å². The number of thiophene rings is 2. The third kappa shape index (κ3) is 5.58. The lowest BCUT2D eigenvalue weighted by Gasteiger charge is -2.20. The van der Waals surface area contributed by atoms with Crippen molar-refractivity contribution >= 4 is 40.3 Å². The van der Waals surface area contributed by atoms with Gasteiger partial charge in [-0.2, -0.15) is 0 Å². The Kier molecular flexibility index (Phi) is 7.30. The number of ketones is 1. The molecule has 0 saturated carbocycles. The van der Waals surface area contributed by atoms with Gasteiger partial charge in [0.1, 0.15) is 10.6 Å². The first-order chi connectivity index (χ1) is 16.5. The SMILES string of the molecule is Cc1sc(CC(=O)C(=O)NCc2c(-n3cccc3)sc3c2CCNC3)c(C(=O)OC(C)(C)C)c1C. The molecule has 35 heavy (non-hydrogen) atoms. The minimum absolute atomic E-state index is 0.129. The predicted molar refractivity (Wildman–Crippen MR) is 139 cm³/mol. The van der Waals surface area contributed by atoms with Crippen molar-refractivity contribution in [3.05, 3.63) is 61.4 Å². The van der Waals surface area contributed by atoms with E-state index < -0.39 is 23.3 Å². The normalized spacial score (nSPS) is 13.4. The Morgan fingerprint density at radius 2 is 1.86 bits per heavy atom. The van der Waals surface area contributed by atoms with Crippen LogP contribution in [0.4, 0.5) is 0 Å². The first kappa shape index (κ1) is 25.3. The Morgan fingerprint density at radius 3 is 2.54 bits per heavy atom. The van der Waals surface area contributed by atoms with Crippen LogP contribution in [-0.4, -0.2) is 34.4 Å². The van der Waals surface area contributed by atoms with Gasteiger partial charge in [0.25, 0.3) is 5.91 Å². The number of Topliss-reactive ketones (excluding diaryl/α,β-unsaturated/α-hetero) is 1. The molecule has 7 nitrogen and oxygen atoms in total. The first-order valence-corrected chi connectivity index (χ1v) is 13.3. The molecule has 186 valence electrons. The summed E-state index contributed by atoms with van der Waals surface area (Å²) in [7, 11) is 0. The van der Waals surface area contributed by atoms with Crippen LogP contribution >= 0.6 is 22.7 Å². The number of nitrogens with one attached hydrogen (secondary N) is 2. The second kappa shape index (κ2) is 10.1. The number of ether oxygens (including phenoxy) is 1. The summed E-state index contributed by atoms with van der Waals surface area (Å²) in [5.41, 5.74) is 2.85. The van der Waals surface area contributed by atoms with Crippen LogP contribution in [0.5, 0.6) is 0 Å². The fourth-order valence-corrected chi connectivity index (χ4v) is 6.63. The molecule has 1 aliphatic rings. The average Bonchev–Trinajstić information content (AvgIpc) is 3.49. The smallest absolute Gasteiger partial charge is 0.340 e. The molecule has 3 aromatic heterocycles. The molecule has 0 radical (unpaired) electrons. The van der Waals surface area contributed by atoms with Crippen LogP contribution < -0.4 is 10.6 Å². The molecule has 1 aliphatic heterocycles. The number of hydrogen-bond acceptors (Lipinski definition) is 7. The molecule has 0 saturated heterocycles. The maximum absolute atomic E-state index is 12.9. The van der Waals surface area contributed by atoms with Gasteiger partial charge in [-0.15, -0.1) is 22.7 Å². The van der Waals surface area contributed by atoms with Gasteiger partial charge in [-0.3, -0.25) is 9.59 Å². The van der Waals surface area contributed by atoms with E-state index in [-0.39, 0.29) is 13.0 Å². The van der Waals surface area contributed by atoms with Gasteiger partial charge >= 0.3 is 5.97 Å². The van der Waals surface area contributed by atoms with Crippen LogP contribution in [-0.2, 0) is 40.3 Å². The summed E-state index contributed by atoms with van der Waals surface area (Å²) in [6.45, 7) is 11.1. The van der Waals surface area contributed by atoms with Crippen LogP contribution in [0.2, 0.25) is 0 Å². The Morgan fingerprint density at radius 1 is 1.14 bits per heavy atom. The molecule has 0 bridgehead atoms. The van der Waals surface area contributed by atoms with Gasteiger partial charge in [0.15, 0.2) is 0 Å². The van der Waals surface area contributed by atoms with Gasteiger partial charge in [0, 0.05) is 45.7 Å². The number of aryl methyl sites for hydroxylation is 1. The quantitative estimate of drug-likeness (QED) is 0.364. The number of carbonyl (C=O) groups is 3. The maximum atomic E-state index is 12.9. The lowest BCUT2D eigenvalue weighted by molar-refractivity contribution is -0.137. The highest BCUT2D eigenvalue weighted by Crippen LogP contribution is 2.34. The van der Waals surface area contributed by atoms with E-state index in [4.69, 9.17) is 4.74 Å². The highest BCUT2D eigenvalue weighted by atomic mass is 32.1. The van der Waals surface area contributed by atoms with E-state index in [1.165, 1.54) is 21.8 Å². The average molecular weight is 514 g/mol. The van der Waals surface area contributed by atoms with E-state index >= 15 is 0 Å². The molecular weight excluding hydrogens is 482 g/mol. The second-order valence-corrected chi connectivity index (χ2v) is 12.1. The Hall–Kier alpha value is -2.75. The van der Waals surface area contributed by atoms with Crippen LogP contribution in [0, 0.1) is 13.8 Å². The van der Waals surface area contributed by atoms with E-state index in [1.807, 2.05) is 38.4 Å². The zero-order valence-corrected chi connectivity index (χ0v) is 22.4. The summed E-state index contributed by atoms with van der Waals surface area (Å²) in [4.78, 5) is 41.3. The fraction of sp³-hybridized carbons (Fsp3) is 0.423. The monoisotopic (exact) mass is 513 g/mol. The van der Waals surface area contributed by atoms with Crippen LogP contribution in [0.3, 0.4) is 0 Å². The molecular formula is C26H31N3O4S2. The van der Waals surface area contributed by atoms with E-state index in [2.05, 4.69) is 15.2 Å².